The minimum absolute atomic E-state index is 0. The maximum Gasteiger partial charge on any atom is 1.00 e. The quantitative estimate of drug-likeness (QED) is 0.406. The van der Waals surface area contributed by atoms with E-state index in [2.05, 4.69) is 24.3 Å². The third-order valence-electron chi connectivity index (χ3n) is 1.33. The molecule has 0 radical (unpaired) electrons. The van der Waals surface area contributed by atoms with Crippen LogP contribution in [-0.2, 0) is 19.5 Å². The van der Waals surface area contributed by atoms with E-state index in [9.17, 15) is 0 Å². The summed E-state index contributed by atoms with van der Waals surface area (Å²) in [6, 6.07) is 0. The van der Waals surface area contributed by atoms with Gasteiger partial charge >= 0.3 is 19.5 Å². The van der Waals surface area contributed by atoms with E-state index in [0.717, 1.165) is 0 Å². The van der Waals surface area contributed by atoms with Crippen LogP contribution in [-0.4, -0.2) is 0 Å². The molecule has 0 bridgehead atoms. The predicted molar refractivity (Wildman–Crippen MR) is 36.7 cm³/mol. The molecule has 0 aromatic carbocycles. The first-order chi connectivity index (χ1) is 4.00. The van der Waals surface area contributed by atoms with E-state index < -0.39 is 0 Å². The largest absolute Gasteiger partial charge is 1.00 e. The Bertz CT molecular complexity index is 81.8. The number of hydrogen-bond acceptors (Lipinski definition) is 0. The minimum Gasteiger partial charge on any atom is -1.00 e. The summed E-state index contributed by atoms with van der Waals surface area (Å²) < 4.78 is 0. The summed E-state index contributed by atoms with van der Waals surface area (Å²) in [5.74, 6) is 0. The Morgan fingerprint density at radius 1 is 0.600 bits per heavy atom. The van der Waals surface area contributed by atoms with Crippen molar-refractivity contribution in [2.45, 2.75) is 25.7 Å². The zero-order valence-corrected chi connectivity index (χ0v) is 8.24. The van der Waals surface area contributed by atoms with Gasteiger partial charge in [-0.05, 0) is 25.7 Å². The molecule has 0 spiro atoms. The SMILES string of the molecule is C1=C\CC/C=C\CC/1.[Cl-].[Rh+]. The number of halogens is 1. The molecule has 0 unspecified atom stereocenters. The van der Waals surface area contributed by atoms with Crippen LogP contribution in [0, 0.1) is 0 Å². The standard InChI is InChI=1S/C8H12.ClH.Rh/c1-2-4-6-8-7-5-3-1;;/h1-2,7-8H,3-6H2;1H;/q;;+1/p-1/b2-1-,8-7-;;. The molecule has 0 aromatic rings. The van der Waals surface area contributed by atoms with E-state index >= 15 is 0 Å². The molecule has 0 saturated carbocycles. The molecule has 0 heterocycles. The van der Waals surface area contributed by atoms with Gasteiger partial charge in [0.25, 0.3) is 0 Å². The van der Waals surface area contributed by atoms with Crippen molar-refractivity contribution < 1.29 is 31.9 Å². The Labute approximate surface area is 81.9 Å². The van der Waals surface area contributed by atoms with Crippen molar-refractivity contribution in [2.24, 2.45) is 0 Å². The Kier molecular flexibility index (Phi) is 12.2. The molecule has 0 aliphatic heterocycles. The van der Waals surface area contributed by atoms with Crippen LogP contribution in [0.3, 0.4) is 0 Å². The van der Waals surface area contributed by atoms with Gasteiger partial charge in [0.15, 0.2) is 0 Å². The molecule has 1 rings (SSSR count). The third kappa shape index (κ3) is 6.51. The third-order valence-corrected chi connectivity index (χ3v) is 1.33. The molecule has 0 amide bonds. The van der Waals surface area contributed by atoms with Crippen molar-refractivity contribution in [3.05, 3.63) is 24.3 Å². The fraction of sp³-hybridized carbons (Fsp3) is 0.500. The maximum atomic E-state index is 2.27. The first-order valence-corrected chi connectivity index (χ1v) is 3.30. The fourth-order valence-corrected chi connectivity index (χ4v) is 0.856. The van der Waals surface area contributed by atoms with Crippen molar-refractivity contribution in [2.75, 3.05) is 0 Å². The van der Waals surface area contributed by atoms with Gasteiger partial charge in [-0.25, -0.2) is 0 Å². The Morgan fingerprint density at radius 2 is 0.800 bits per heavy atom. The van der Waals surface area contributed by atoms with E-state index in [-0.39, 0.29) is 31.9 Å². The van der Waals surface area contributed by atoms with Crippen LogP contribution < -0.4 is 12.4 Å². The van der Waals surface area contributed by atoms with Crippen molar-refractivity contribution in [1.29, 1.82) is 0 Å². The Balaban J connectivity index is 0. The molecular formula is C8H12ClRh. The molecule has 0 N–H and O–H groups in total. The van der Waals surface area contributed by atoms with Gasteiger partial charge in [0.05, 0.1) is 0 Å². The average Bonchev–Trinajstić information content (AvgIpc) is 1.62. The van der Waals surface area contributed by atoms with Gasteiger partial charge in [-0.1, -0.05) is 24.3 Å². The first-order valence-electron chi connectivity index (χ1n) is 3.30. The molecule has 0 fully saturated rings. The molecule has 2 heteroatoms. The van der Waals surface area contributed by atoms with Crippen molar-refractivity contribution in [1.82, 2.24) is 0 Å². The van der Waals surface area contributed by atoms with Crippen LogP contribution in [0.4, 0.5) is 0 Å². The summed E-state index contributed by atoms with van der Waals surface area (Å²) in [5, 5.41) is 0. The second kappa shape index (κ2) is 9.39. The molecule has 0 aromatic heterocycles. The fourth-order valence-electron chi connectivity index (χ4n) is 0.856. The number of rotatable bonds is 0. The predicted octanol–water partition coefficient (Wildman–Crippen LogP) is -0.326. The van der Waals surface area contributed by atoms with Crippen LogP contribution in [0.1, 0.15) is 25.7 Å². The zero-order valence-electron chi connectivity index (χ0n) is 5.85. The summed E-state index contributed by atoms with van der Waals surface area (Å²) in [5.41, 5.74) is 0. The molecule has 0 atom stereocenters. The normalized spacial score (nSPS) is 22.4. The van der Waals surface area contributed by atoms with Gasteiger partial charge in [0, 0.05) is 0 Å². The molecule has 0 nitrogen and oxygen atoms in total. The van der Waals surface area contributed by atoms with Crippen LogP contribution >= 0.6 is 0 Å². The first kappa shape index (κ1) is 13.0. The van der Waals surface area contributed by atoms with Crippen LogP contribution in [0.15, 0.2) is 24.3 Å². The summed E-state index contributed by atoms with van der Waals surface area (Å²) in [7, 11) is 0. The van der Waals surface area contributed by atoms with E-state index in [4.69, 9.17) is 0 Å². The average molecular weight is 247 g/mol. The van der Waals surface area contributed by atoms with Gasteiger partial charge in [-0.2, -0.15) is 0 Å². The van der Waals surface area contributed by atoms with Gasteiger partial charge in [0.2, 0.25) is 0 Å². The Hall–Kier alpha value is 0.393. The summed E-state index contributed by atoms with van der Waals surface area (Å²) >= 11 is 0. The monoisotopic (exact) mass is 246 g/mol. The smallest absolute Gasteiger partial charge is 1.00 e. The second-order valence-electron chi connectivity index (χ2n) is 2.10. The molecule has 60 valence electrons. The molecular weight excluding hydrogens is 234 g/mol. The van der Waals surface area contributed by atoms with E-state index in [1.165, 1.54) is 25.7 Å². The number of hydrogen-bond donors (Lipinski definition) is 0. The summed E-state index contributed by atoms with van der Waals surface area (Å²) in [4.78, 5) is 0. The number of allylic oxidation sites excluding steroid dienone is 4. The zero-order chi connectivity index (χ0) is 5.66. The van der Waals surface area contributed by atoms with E-state index in [0.29, 0.717) is 0 Å². The summed E-state index contributed by atoms with van der Waals surface area (Å²) in [6.07, 6.45) is 14.0. The van der Waals surface area contributed by atoms with Gasteiger partial charge in [0.1, 0.15) is 0 Å². The van der Waals surface area contributed by atoms with E-state index in [1.54, 1.807) is 0 Å². The minimum atomic E-state index is 0. The van der Waals surface area contributed by atoms with Crippen LogP contribution in [0.25, 0.3) is 0 Å². The van der Waals surface area contributed by atoms with Gasteiger partial charge in [-0.3, -0.25) is 0 Å². The van der Waals surface area contributed by atoms with E-state index in [1.807, 2.05) is 0 Å². The van der Waals surface area contributed by atoms with Gasteiger partial charge in [-0.15, -0.1) is 0 Å². The van der Waals surface area contributed by atoms with Crippen molar-refractivity contribution in [3.8, 4) is 0 Å². The summed E-state index contributed by atoms with van der Waals surface area (Å²) in [6.45, 7) is 0. The van der Waals surface area contributed by atoms with Crippen LogP contribution in [0.5, 0.6) is 0 Å². The topological polar surface area (TPSA) is 0 Å². The second-order valence-corrected chi connectivity index (χ2v) is 2.10. The molecule has 1 aliphatic rings. The molecule has 10 heavy (non-hydrogen) atoms. The van der Waals surface area contributed by atoms with Gasteiger partial charge < -0.3 is 12.4 Å². The van der Waals surface area contributed by atoms with Crippen molar-refractivity contribution >= 4 is 0 Å². The Morgan fingerprint density at radius 3 is 1.00 bits per heavy atom. The molecule has 0 saturated heterocycles. The van der Waals surface area contributed by atoms with Crippen molar-refractivity contribution in [3.63, 3.8) is 0 Å². The van der Waals surface area contributed by atoms with Crippen LogP contribution in [0.2, 0.25) is 0 Å². The molecule has 1 aliphatic carbocycles. The maximum absolute atomic E-state index is 2.27.